The first-order chi connectivity index (χ1) is 10.6. The summed E-state index contributed by atoms with van der Waals surface area (Å²) in [5.41, 5.74) is 1.64. The van der Waals surface area contributed by atoms with Crippen molar-refractivity contribution in [1.82, 2.24) is 0 Å². The van der Waals surface area contributed by atoms with Crippen molar-refractivity contribution < 1.29 is 13.9 Å². The van der Waals surface area contributed by atoms with Crippen molar-refractivity contribution in [1.29, 1.82) is 0 Å². The standard InChI is InChI=1S/C18H20FNO2/c1-3-13-8-10-16(11-9-13)22-17(4-2)18(21)20-15-7-5-6-14(19)12-15/h5-12,17H,3-4H2,1-2H3,(H,20,21). The monoisotopic (exact) mass is 301 g/mol. The quantitative estimate of drug-likeness (QED) is 0.869. The van der Waals surface area contributed by atoms with Crippen LogP contribution in [0.2, 0.25) is 0 Å². The first kappa shape index (κ1) is 16.0. The lowest BCUT2D eigenvalue weighted by Gasteiger charge is -2.17. The van der Waals surface area contributed by atoms with E-state index in [-0.39, 0.29) is 11.7 Å². The molecule has 22 heavy (non-hydrogen) atoms. The maximum absolute atomic E-state index is 13.1. The summed E-state index contributed by atoms with van der Waals surface area (Å²) in [6, 6.07) is 13.5. The van der Waals surface area contributed by atoms with Gasteiger partial charge >= 0.3 is 0 Å². The van der Waals surface area contributed by atoms with E-state index in [2.05, 4.69) is 12.2 Å². The van der Waals surface area contributed by atoms with Gasteiger partial charge in [-0.15, -0.1) is 0 Å². The minimum absolute atomic E-state index is 0.285. The second-order valence-electron chi connectivity index (χ2n) is 5.01. The Morgan fingerprint density at radius 3 is 2.50 bits per heavy atom. The molecule has 0 aromatic heterocycles. The van der Waals surface area contributed by atoms with Gasteiger partial charge in [-0.3, -0.25) is 4.79 Å². The molecule has 2 aromatic rings. The van der Waals surface area contributed by atoms with E-state index < -0.39 is 6.10 Å². The number of benzene rings is 2. The van der Waals surface area contributed by atoms with E-state index in [1.807, 2.05) is 31.2 Å². The fraction of sp³-hybridized carbons (Fsp3) is 0.278. The van der Waals surface area contributed by atoms with E-state index in [4.69, 9.17) is 4.74 Å². The van der Waals surface area contributed by atoms with Gasteiger partial charge in [-0.05, 0) is 48.7 Å². The molecule has 0 fully saturated rings. The first-order valence-corrected chi connectivity index (χ1v) is 7.44. The Kier molecular flexibility index (Phi) is 5.53. The number of halogens is 1. The van der Waals surface area contributed by atoms with E-state index in [1.165, 1.54) is 17.7 Å². The summed E-state index contributed by atoms with van der Waals surface area (Å²) in [5, 5.41) is 2.67. The lowest BCUT2D eigenvalue weighted by atomic mass is 10.1. The normalized spacial score (nSPS) is 11.8. The van der Waals surface area contributed by atoms with Crippen molar-refractivity contribution >= 4 is 11.6 Å². The van der Waals surface area contributed by atoms with Crippen LogP contribution >= 0.6 is 0 Å². The number of carbonyl (C=O) groups is 1. The second-order valence-corrected chi connectivity index (χ2v) is 5.01. The van der Waals surface area contributed by atoms with Crippen LogP contribution in [0.1, 0.15) is 25.8 Å². The lowest BCUT2D eigenvalue weighted by Crippen LogP contribution is -2.32. The van der Waals surface area contributed by atoms with E-state index in [0.29, 0.717) is 17.9 Å². The number of rotatable bonds is 6. The van der Waals surface area contributed by atoms with Crippen LogP contribution < -0.4 is 10.1 Å². The van der Waals surface area contributed by atoms with Gasteiger partial charge in [0.2, 0.25) is 0 Å². The van der Waals surface area contributed by atoms with Crippen LogP contribution in [-0.4, -0.2) is 12.0 Å². The number of aryl methyl sites for hydroxylation is 1. The van der Waals surface area contributed by atoms with Crippen molar-refractivity contribution in [3.05, 3.63) is 59.9 Å². The summed E-state index contributed by atoms with van der Waals surface area (Å²) in [4.78, 5) is 12.2. The summed E-state index contributed by atoms with van der Waals surface area (Å²) in [7, 11) is 0. The Hall–Kier alpha value is -2.36. The summed E-state index contributed by atoms with van der Waals surface area (Å²) >= 11 is 0. The molecule has 3 nitrogen and oxygen atoms in total. The first-order valence-electron chi connectivity index (χ1n) is 7.44. The van der Waals surface area contributed by atoms with Crippen molar-refractivity contribution in [2.75, 3.05) is 5.32 Å². The molecule has 0 heterocycles. The van der Waals surface area contributed by atoms with E-state index >= 15 is 0 Å². The summed E-state index contributed by atoms with van der Waals surface area (Å²) < 4.78 is 18.9. The Morgan fingerprint density at radius 1 is 1.18 bits per heavy atom. The molecule has 0 saturated heterocycles. The van der Waals surface area contributed by atoms with E-state index in [9.17, 15) is 9.18 Å². The highest BCUT2D eigenvalue weighted by Crippen LogP contribution is 2.17. The van der Waals surface area contributed by atoms with Gasteiger partial charge in [0.1, 0.15) is 11.6 Å². The fourth-order valence-corrected chi connectivity index (χ4v) is 2.08. The van der Waals surface area contributed by atoms with Gasteiger partial charge in [0.15, 0.2) is 6.10 Å². The zero-order valence-corrected chi connectivity index (χ0v) is 12.8. The Balaban J connectivity index is 2.02. The molecule has 0 aliphatic carbocycles. The smallest absolute Gasteiger partial charge is 0.265 e. The molecule has 1 atom stereocenters. The maximum atomic E-state index is 13.1. The van der Waals surface area contributed by atoms with Gasteiger partial charge in [-0.2, -0.15) is 0 Å². The van der Waals surface area contributed by atoms with Crippen LogP contribution in [0.25, 0.3) is 0 Å². The molecule has 116 valence electrons. The summed E-state index contributed by atoms with van der Waals surface area (Å²) in [5.74, 6) is -0.0203. The van der Waals surface area contributed by atoms with Gasteiger partial charge in [-0.25, -0.2) is 4.39 Å². The molecule has 0 saturated carbocycles. The third-order valence-corrected chi connectivity index (χ3v) is 3.37. The van der Waals surface area contributed by atoms with E-state index in [0.717, 1.165) is 6.42 Å². The molecule has 0 radical (unpaired) electrons. The van der Waals surface area contributed by atoms with Gasteiger partial charge in [-0.1, -0.05) is 32.0 Å². The van der Waals surface area contributed by atoms with Gasteiger partial charge in [0.25, 0.3) is 5.91 Å². The number of hydrogen-bond acceptors (Lipinski definition) is 2. The predicted molar refractivity (Wildman–Crippen MR) is 85.6 cm³/mol. The molecule has 4 heteroatoms. The largest absolute Gasteiger partial charge is 0.481 e. The van der Waals surface area contributed by atoms with Crippen LogP contribution in [-0.2, 0) is 11.2 Å². The summed E-state index contributed by atoms with van der Waals surface area (Å²) in [6.45, 7) is 3.95. The maximum Gasteiger partial charge on any atom is 0.265 e. The Morgan fingerprint density at radius 2 is 1.91 bits per heavy atom. The zero-order valence-electron chi connectivity index (χ0n) is 12.8. The van der Waals surface area contributed by atoms with Crippen molar-refractivity contribution in [3.8, 4) is 5.75 Å². The minimum Gasteiger partial charge on any atom is -0.481 e. The molecule has 1 N–H and O–H groups in total. The Bertz CT molecular complexity index is 625. The van der Waals surface area contributed by atoms with Gasteiger partial charge in [0.05, 0.1) is 0 Å². The number of amides is 1. The predicted octanol–water partition coefficient (Wildman–Crippen LogP) is 4.18. The number of ether oxygens (including phenoxy) is 1. The highest BCUT2D eigenvalue weighted by atomic mass is 19.1. The molecule has 2 rings (SSSR count). The van der Waals surface area contributed by atoms with Crippen LogP contribution in [0.4, 0.5) is 10.1 Å². The van der Waals surface area contributed by atoms with Crippen molar-refractivity contribution in [3.63, 3.8) is 0 Å². The average molecular weight is 301 g/mol. The molecule has 2 aromatic carbocycles. The van der Waals surface area contributed by atoms with Crippen LogP contribution in [0.15, 0.2) is 48.5 Å². The fourth-order valence-electron chi connectivity index (χ4n) is 2.08. The van der Waals surface area contributed by atoms with Crippen molar-refractivity contribution in [2.24, 2.45) is 0 Å². The molecule has 0 aliphatic rings. The van der Waals surface area contributed by atoms with Gasteiger partial charge in [0, 0.05) is 5.69 Å². The number of anilines is 1. The van der Waals surface area contributed by atoms with Crippen molar-refractivity contribution in [2.45, 2.75) is 32.8 Å². The zero-order chi connectivity index (χ0) is 15.9. The third-order valence-electron chi connectivity index (χ3n) is 3.37. The molecular weight excluding hydrogens is 281 g/mol. The molecule has 0 spiro atoms. The molecule has 1 unspecified atom stereocenters. The Labute approximate surface area is 130 Å². The second kappa shape index (κ2) is 7.59. The summed E-state index contributed by atoms with van der Waals surface area (Å²) in [6.07, 6.45) is 0.865. The molecule has 0 aliphatic heterocycles. The molecular formula is C18H20FNO2. The van der Waals surface area contributed by atoms with E-state index in [1.54, 1.807) is 12.1 Å². The molecule has 0 bridgehead atoms. The lowest BCUT2D eigenvalue weighted by molar-refractivity contribution is -0.122. The molecule has 1 amide bonds. The minimum atomic E-state index is -0.615. The topological polar surface area (TPSA) is 38.3 Å². The highest BCUT2D eigenvalue weighted by Gasteiger charge is 2.18. The highest BCUT2D eigenvalue weighted by molar-refractivity contribution is 5.94. The SMILES string of the molecule is CCc1ccc(OC(CC)C(=O)Nc2cccc(F)c2)cc1. The number of carbonyl (C=O) groups excluding carboxylic acids is 1. The van der Waals surface area contributed by atoms with Gasteiger partial charge < -0.3 is 10.1 Å². The third kappa shape index (κ3) is 4.32. The van der Waals surface area contributed by atoms with Crippen LogP contribution in [0.5, 0.6) is 5.75 Å². The number of hydrogen-bond donors (Lipinski definition) is 1. The van der Waals surface area contributed by atoms with Crippen LogP contribution in [0, 0.1) is 5.82 Å². The van der Waals surface area contributed by atoms with Crippen LogP contribution in [0.3, 0.4) is 0 Å². The number of nitrogens with one attached hydrogen (secondary N) is 1. The average Bonchev–Trinajstić information content (AvgIpc) is 2.53.